The molecule has 0 saturated carbocycles. The number of fused-ring (bicyclic) bond motifs is 1. The van der Waals surface area contributed by atoms with Gasteiger partial charge in [-0.2, -0.15) is 8.99 Å². The number of piperazine rings is 1. The smallest absolute Gasteiger partial charge is 0.243 e. The van der Waals surface area contributed by atoms with Gasteiger partial charge in [0.1, 0.15) is 12.1 Å². The van der Waals surface area contributed by atoms with Gasteiger partial charge in [-0.15, -0.1) is 5.10 Å². The Morgan fingerprint density at radius 1 is 0.909 bits per heavy atom. The van der Waals surface area contributed by atoms with Gasteiger partial charge in [-0.3, -0.25) is 0 Å². The molecular weight excluding hydrogens is 442 g/mol. The summed E-state index contributed by atoms with van der Waals surface area (Å²) in [7, 11) is -2.04. The summed E-state index contributed by atoms with van der Waals surface area (Å²) in [6.07, 6.45) is 1.49. The Hall–Kier alpha value is -3.57. The molecule has 0 aliphatic carbocycles. The highest BCUT2D eigenvalue weighted by Gasteiger charge is 2.30. The fourth-order valence-electron chi connectivity index (χ4n) is 3.87. The standard InChI is InChI=1S/C22H23N7O3S/c1-16-3-5-17(6-4-16)29-22-20(25-26-29)21(23-15-24-22)27-11-13-28(14-12-27)33(30,31)19-9-7-18(32-2)8-10-19/h3-10,15H,11-14H2,1-2H3. The van der Waals surface area contributed by atoms with Crippen LogP contribution in [0.1, 0.15) is 5.56 Å². The second-order valence-electron chi connectivity index (χ2n) is 7.77. The number of nitrogens with zero attached hydrogens (tertiary/aromatic N) is 7. The van der Waals surface area contributed by atoms with Gasteiger partial charge < -0.3 is 9.64 Å². The van der Waals surface area contributed by atoms with E-state index in [0.29, 0.717) is 48.9 Å². The van der Waals surface area contributed by atoms with Gasteiger partial charge in [0.25, 0.3) is 0 Å². The number of anilines is 1. The summed E-state index contributed by atoms with van der Waals surface area (Å²) in [4.78, 5) is 11.1. The lowest BCUT2D eigenvalue weighted by atomic mass is 10.2. The molecule has 1 saturated heterocycles. The van der Waals surface area contributed by atoms with E-state index >= 15 is 0 Å². The van der Waals surface area contributed by atoms with Gasteiger partial charge in [0.2, 0.25) is 10.0 Å². The SMILES string of the molecule is COc1ccc(S(=O)(=O)N2CCN(c3ncnc4c3nnn4-c3ccc(C)cc3)CC2)cc1. The van der Waals surface area contributed by atoms with E-state index < -0.39 is 10.0 Å². The lowest BCUT2D eigenvalue weighted by Crippen LogP contribution is -2.49. The summed E-state index contributed by atoms with van der Waals surface area (Å²) in [5, 5.41) is 8.61. The van der Waals surface area contributed by atoms with Crippen LogP contribution in [0, 0.1) is 6.92 Å². The van der Waals surface area contributed by atoms with E-state index in [4.69, 9.17) is 4.74 Å². The summed E-state index contributed by atoms with van der Waals surface area (Å²) in [5.74, 6) is 1.27. The predicted molar refractivity (Wildman–Crippen MR) is 123 cm³/mol. The summed E-state index contributed by atoms with van der Waals surface area (Å²) < 4.78 is 34.4. The van der Waals surface area contributed by atoms with E-state index in [9.17, 15) is 8.42 Å². The van der Waals surface area contributed by atoms with Crippen molar-refractivity contribution in [3.8, 4) is 11.4 Å². The molecule has 1 aliphatic rings. The quantitative estimate of drug-likeness (QED) is 0.441. The maximum absolute atomic E-state index is 13.0. The molecule has 0 N–H and O–H groups in total. The van der Waals surface area contributed by atoms with Crippen LogP contribution in [0.3, 0.4) is 0 Å². The van der Waals surface area contributed by atoms with Crippen molar-refractivity contribution in [1.29, 1.82) is 0 Å². The van der Waals surface area contributed by atoms with Crippen molar-refractivity contribution < 1.29 is 13.2 Å². The third-order valence-electron chi connectivity index (χ3n) is 5.73. The van der Waals surface area contributed by atoms with Crippen molar-refractivity contribution in [2.45, 2.75) is 11.8 Å². The Labute approximate surface area is 191 Å². The molecule has 0 bridgehead atoms. The number of aromatic nitrogens is 5. The molecular formula is C22H23N7O3S. The lowest BCUT2D eigenvalue weighted by molar-refractivity contribution is 0.384. The van der Waals surface area contributed by atoms with E-state index in [1.54, 1.807) is 36.1 Å². The van der Waals surface area contributed by atoms with Crippen molar-refractivity contribution in [2.24, 2.45) is 0 Å². The minimum atomic E-state index is -3.58. The number of hydrogen-bond donors (Lipinski definition) is 0. The molecule has 0 radical (unpaired) electrons. The van der Waals surface area contributed by atoms with Crippen LogP contribution in [0.15, 0.2) is 59.8 Å². The second-order valence-corrected chi connectivity index (χ2v) is 9.71. The Kier molecular flexibility index (Phi) is 5.43. The van der Waals surface area contributed by atoms with Gasteiger partial charge in [0.05, 0.1) is 17.7 Å². The number of benzene rings is 2. The van der Waals surface area contributed by atoms with Crippen molar-refractivity contribution in [1.82, 2.24) is 29.3 Å². The highest BCUT2D eigenvalue weighted by molar-refractivity contribution is 7.89. The van der Waals surface area contributed by atoms with Gasteiger partial charge in [-0.1, -0.05) is 22.9 Å². The first-order valence-corrected chi connectivity index (χ1v) is 11.9. The van der Waals surface area contributed by atoms with Crippen LogP contribution in [0.2, 0.25) is 0 Å². The highest BCUT2D eigenvalue weighted by Crippen LogP contribution is 2.26. The predicted octanol–water partition coefficient (Wildman–Crippen LogP) is 2.04. The molecule has 10 nitrogen and oxygen atoms in total. The van der Waals surface area contributed by atoms with Crippen LogP contribution in [-0.2, 0) is 10.0 Å². The van der Waals surface area contributed by atoms with E-state index in [-0.39, 0.29) is 4.90 Å². The Morgan fingerprint density at radius 2 is 1.61 bits per heavy atom. The number of aryl methyl sites for hydroxylation is 1. The third kappa shape index (κ3) is 3.89. The van der Waals surface area contributed by atoms with E-state index in [1.807, 2.05) is 36.1 Å². The molecule has 2 aromatic carbocycles. The number of hydrogen-bond acceptors (Lipinski definition) is 8. The topological polar surface area (TPSA) is 106 Å². The molecule has 2 aromatic heterocycles. The third-order valence-corrected chi connectivity index (χ3v) is 7.65. The van der Waals surface area contributed by atoms with Crippen LogP contribution in [0.5, 0.6) is 5.75 Å². The fraction of sp³-hybridized carbons (Fsp3) is 0.273. The molecule has 33 heavy (non-hydrogen) atoms. The molecule has 3 heterocycles. The minimum Gasteiger partial charge on any atom is -0.497 e. The first-order chi connectivity index (χ1) is 16.0. The van der Waals surface area contributed by atoms with Crippen LogP contribution in [-0.4, -0.2) is 71.0 Å². The Bertz CT molecular complexity index is 1380. The van der Waals surface area contributed by atoms with Crippen molar-refractivity contribution in [3.05, 3.63) is 60.4 Å². The summed E-state index contributed by atoms with van der Waals surface area (Å²) in [6.45, 7) is 3.67. The number of rotatable bonds is 5. The number of ether oxygens (including phenoxy) is 1. The normalized spacial score (nSPS) is 15.2. The average Bonchev–Trinajstić information content (AvgIpc) is 3.29. The van der Waals surface area contributed by atoms with E-state index in [2.05, 4.69) is 20.3 Å². The zero-order valence-electron chi connectivity index (χ0n) is 18.3. The molecule has 0 atom stereocenters. The van der Waals surface area contributed by atoms with Crippen LogP contribution in [0.25, 0.3) is 16.9 Å². The average molecular weight is 466 g/mol. The molecule has 1 aliphatic heterocycles. The van der Waals surface area contributed by atoms with Crippen LogP contribution in [0.4, 0.5) is 5.82 Å². The zero-order valence-corrected chi connectivity index (χ0v) is 19.1. The first kappa shape index (κ1) is 21.3. The van der Waals surface area contributed by atoms with Crippen LogP contribution < -0.4 is 9.64 Å². The van der Waals surface area contributed by atoms with Gasteiger partial charge in [-0.25, -0.2) is 18.4 Å². The zero-order chi connectivity index (χ0) is 23.0. The van der Waals surface area contributed by atoms with Crippen molar-refractivity contribution in [2.75, 3.05) is 38.2 Å². The second kappa shape index (κ2) is 8.41. The highest BCUT2D eigenvalue weighted by atomic mass is 32.2. The van der Waals surface area contributed by atoms with E-state index in [0.717, 1.165) is 11.3 Å². The fourth-order valence-corrected chi connectivity index (χ4v) is 5.29. The minimum absolute atomic E-state index is 0.252. The molecule has 5 rings (SSSR count). The monoisotopic (exact) mass is 465 g/mol. The molecule has 11 heteroatoms. The van der Waals surface area contributed by atoms with Crippen LogP contribution >= 0.6 is 0 Å². The molecule has 0 unspecified atom stereocenters. The molecule has 4 aromatic rings. The maximum atomic E-state index is 13.0. The van der Waals surface area contributed by atoms with Gasteiger partial charge in [0, 0.05) is 26.2 Å². The Morgan fingerprint density at radius 3 is 2.27 bits per heavy atom. The largest absolute Gasteiger partial charge is 0.497 e. The van der Waals surface area contributed by atoms with E-state index in [1.165, 1.54) is 10.6 Å². The van der Waals surface area contributed by atoms with Gasteiger partial charge in [-0.05, 0) is 43.3 Å². The lowest BCUT2D eigenvalue weighted by Gasteiger charge is -2.34. The first-order valence-electron chi connectivity index (χ1n) is 10.5. The molecule has 170 valence electrons. The molecule has 0 spiro atoms. The maximum Gasteiger partial charge on any atom is 0.243 e. The summed E-state index contributed by atoms with van der Waals surface area (Å²) in [5.41, 5.74) is 3.21. The van der Waals surface area contributed by atoms with Crippen molar-refractivity contribution >= 4 is 27.0 Å². The molecule has 0 amide bonds. The summed E-state index contributed by atoms with van der Waals surface area (Å²) >= 11 is 0. The Balaban J connectivity index is 1.37. The van der Waals surface area contributed by atoms with Gasteiger partial charge >= 0.3 is 0 Å². The number of methoxy groups -OCH3 is 1. The number of sulfonamides is 1. The molecule has 1 fully saturated rings. The van der Waals surface area contributed by atoms with Crippen molar-refractivity contribution in [3.63, 3.8) is 0 Å². The van der Waals surface area contributed by atoms with Gasteiger partial charge in [0.15, 0.2) is 17.0 Å². The summed E-state index contributed by atoms with van der Waals surface area (Å²) in [6, 6.07) is 14.4.